The number of β-amino-alcohol motifs (C(OH)–C–C–N with tert-alkyl or cyclic N) is 1. The number of nitrogens with zero attached hydrogens (tertiary/aromatic N) is 2. The summed E-state index contributed by atoms with van der Waals surface area (Å²) in [6.07, 6.45) is 4.16. The van der Waals surface area contributed by atoms with Gasteiger partial charge in [-0.15, -0.1) is 0 Å². The van der Waals surface area contributed by atoms with Gasteiger partial charge in [-0.1, -0.05) is 6.07 Å². The molecule has 5 heteroatoms. The molecule has 2 heterocycles. The molecule has 1 aliphatic heterocycles. The Labute approximate surface area is 136 Å². The van der Waals surface area contributed by atoms with Gasteiger partial charge >= 0.3 is 0 Å². The Kier molecular flexibility index (Phi) is 5.10. The van der Waals surface area contributed by atoms with Crippen molar-refractivity contribution in [2.75, 3.05) is 20.2 Å². The van der Waals surface area contributed by atoms with E-state index >= 15 is 0 Å². The summed E-state index contributed by atoms with van der Waals surface area (Å²) >= 11 is 0. The topological polar surface area (TPSA) is 54.8 Å². The summed E-state index contributed by atoms with van der Waals surface area (Å²) in [7, 11) is 1.65. The fraction of sp³-hybridized carbons (Fsp3) is 0.389. The molecule has 3 rings (SSSR count). The zero-order valence-electron chi connectivity index (χ0n) is 13.3. The van der Waals surface area contributed by atoms with Crippen LogP contribution < -0.4 is 9.47 Å². The quantitative estimate of drug-likeness (QED) is 0.886. The van der Waals surface area contributed by atoms with Crippen molar-refractivity contribution in [3.8, 4) is 11.5 Å². The lowest BCUT2D eigenvalue weighted by atomic mass is 10.2. The van der Waals surface area contributed by atoms with Crippen molar-refractivity contribution in [3.05, 3.63) is 53.9 Å². The van der Waals surface area contributed by atoms with Crippen molar-refractivity contribution in [2.45, 2.75) is 25.7 Å². The number of aliphatic hydroxyl groups excluding tert-OH is 1. The van der Waals surface area contributed by atoms with Gasteiger partial charge in [0.05, 0.1) is 13.2 Å². The minimum Gasteiger partial charge on any atom is -0.493 e. The van der Waals surface area contributed by atoms with Crippen LogP contribution in [0.4, 0.5) is 0 Å². The highest BCUT2D eigenvalue weighted by Crippen LogP contribution is 2.29. The van der Waals surface area contributed by atoms with Crippen LogP contribution in [0.15, 0.2) is 42.7 Å². The van der Waals surface area contributed by atoms with Crippen molar-refractivity contribution < 1.29 is 14.6 Å². The predicted molar refractivity (Wildman–Crippen MR) is 87.5 cm³/mol. The molecule has 122 valence electrons. The number of ether oxygens (including phenoxy) is 2. The molecular weight excluding hydrogens is 292 g/mol. The molecule has 0 saturated carbocycles. The number of aliphatic hydroxyl groups is 1. The largest absolute Gasteiger partial charge is 0.493 e. The van der Waals surface area contributed by atoms with Crippen molar-refractivity contribution in [3.63, 3.8) is 0 Å². The summed E-state index contributed by atoms with van der Waals surface area (Å²) in [5.41, 5.74) is 2.23. The Morgan fingerprint density at radius 2 is 2.00 bits per heavy atom. The smallest absolute Gasteiger partial charge is 0.161 e. The van der Waals surface area contributed by atoms with Gasteiger partial charge in [0.1, 0.15) is 6.61 Å². The summed E-state index contributed by atoms with van der Waals surface area (Å²) < 4.78 is 11.3. The summed E-state index contributed by atoms with van der Waals surface area (Å²) in [5.74, 6) is 1.46. The van der Waals surface area contributed by atoms with E-state index in [4.69, 9.17) is 9.47 Å². The van der Waals surface area contributed by atoms with Crippen molar-refractivity contribution in [1.29, 1.82) is 0 Å². The van der Waals surface area contributed by atoms with Crippen LogP contribution >= 0.6 is 0 Å². The van der Waals surface area contributed by atoms with Gasteiger partial charge in [-0.05, 0) is 41.8 Å². The number of pyridine rings is 1. The molecule has 1 atom stereocenters. The van der Waals surface area contributed by atoms with Crippen molar-refractivity contribution in [1.82, 2.24) is 9.88 Å². The summed E-state index contributed by atoms with van der Waals surface area (Å²) in [6.45, 7) is 2.97. The fourth-order valence-corrected chi connectivity index (χ4v) is 2.78. The summed E-state index contributed by atoms with van der Waals surface area (Å²) in [6, 6.07) is 9.86. The van der Waals surface area contributed by atoms with Crippen LogP contribution in [0.25, 0.3) is 0 Å². The molecule has 1 aliphatic rings. The zero-order valence-corrected chi connectivity index (χ0v) is 13.3. The molecule has 2 aromatic rings. The van der Waals surface area contributed by atoms with Gasteiger partial charge in [0.2, 0.25) is 0 Å². The minimum absolute atomic E-state index is 0.195. The zero-order chi connectivity index (χ0) is 16.1. The number of benzene rings is 1. The van der Waals surface area contributed by atoms with Gasteiger partial charge in [0.25, 0.3) is 0 Å². The monoisotopic (exact) mass is 314 g/mol. The fourth-order valence-electron chi connectivity index (χ4n) is 2.78. The Balaban J connectivity index is 1.64. The van der Waals surface area contributed by atoms with E-state index in [0.717, 1.165) is 48.7 Å². The molecule has 0 aliphatic carbocycles. The van der Waals surface area contributed by atoms with Gasteiger partial charge in [-0.2, -0.15) is 0 Å². The van der Waals surface area contributed by atoms with Crippen LogP contribution in [-0.4, -0.2) is 41.3 Å². The lowest BCUT2D eigenvalue weighted by Gasteiger charge is -2.17. The summed E-state index contributed by atoms with van der Waals surface area (Å²) in [4.78, 5) is 6.24. The Morgan fingerprint density at radius 1 is 1.17 bits per heavy atom. The van der Waals surface area contributed by atoms with E-state index < -0.39 is 0 Å². The molecule has 1 N–H and O–H groups in total. The second-order valence-corrected chi connectivity index (χ2v) is 5.81. The van der Waals surface area contributed by atoms with E-state index in [-0.39, 0.29) is 6.10 Å². The molecule has 23 heavy (non-hydrogen) atoms. The molecule has 0 bridgehead atoms. The number of likely N-dealkylation sites (tertiary alicyclic amines) is 1. The Morgan fingerprint density at radius 3 is 2.70 bits per heavy atom. The molecule has 1 aromatic carbocycles. The highest BCUT2D eigenvalue weighted by atomic mass is 16.5. The van der Waals surface area contributed by atoms with E-state index in [1.165, 1.54) is 0 Å². The van der Waals surface area contributed by atoms with Gasteiger partial charge in [-0.25, -0.2) is 0 Å². The maximum Gasteiger partial charge on any atom is 0.161 e. The van der Waals surface area contributed by atoms with E-state index in [1.54, 1.807) is 19.5 Å². The van der Waals surface area contributed by atoms with Crippen LogP contribution in [0, 0.1) is 0 Å². The third-order valence-corrected chi connectivity index (χ3v) is 4.03. The number of hydrogen-bond donors (Lipinski definition) is 1. The molecule has 0 unspecified atom stereocenters. The van der Waals surface area contributed by atoms with Gasteiger partial charge in [0, 0.05) is 32.0 Å². The van der Waals surface area contributed by atoms with Crippen LogP contribution in [0.1, 0.15) is 17.5 Å². The van der Waals surface area contributed by atoms with E-state index in [9.17, 15) is 5.11 Å². The van der Waals surface area contributed by atoms with Crippen LogP contribution in [0.3, 0.4) is 0 Å². The number of aromatic nitrogens is 1. The first kappa shape index (κ1) is 15.8. The molecular formula is C18H22N2O3. The van der Waals surface area contributed by atoms with Gasteiger partial charge < -0.3 is 14.6 Å². The average molecular weight is 314 g/mol. The maximum atomic E-state index is 9.61. The second-order valence-electron chi connectivity index (χ2n) is 5.81. The summed E-state index contributed by atoms with van der Waals surface area (Å²) in [5, 5.41) is 9.61. The van der Waals surface area contributed by atoms with Crippen LogP contribution in [0.2, 0.25) is 0 Å². The molecule has 5 nitrogen and oxygen atoms in total. The van der Waals surface area contributed by atoms with E-state index in [0.29, 0.717) is 6.61 Å². The van der Waals surface area contributed by atoms with E-state index in [1.807, 2.05) is 24.3 Å². The predicted octanol–water partition coefficient (Wildman–Crippen LogP) is 2.24. The molecule has 1 aromatic heterocycles. The standard InChI is InChI=1S/C18H22N2O3/c1-22-18-10-15(11-20-9-6-16(21)12-20)2-3-17(18)23-13-14-4-7-19-8-5-14/h2-5,7-8,10,16,21H,6,9,11-13H2,1H3/t16-/m0/s1. The molecule has 0 spiro atoms. The molecule has 1 fully saturated rings. The van der Waals surface area contributed by atoms with Crippen LogP contribution in [-0.2, 0) is 13.2 Å². The molecule has 0 radical (unpaired) electrons. The lowest BCUT2D eigenvalue weighted by Crippen LogP contribution is -2.21. The first-order valence-corrected chi connectivity index (χ1v) is 7.83. The van der Waals surface area contributed by atoms with Crippen LogP contribution in [0.5, 0.6) is 11.5 Å². The normalized spacial score (nSPS) is 18.1. The van der Waals surface area contributed by atoms with Gasteiger partial charge in [0.15, 0.2) is 11.5 Å². The second kappa shape index (κ2) is 7.44. The number of rotatable bonds is 6. The van der Waals surface area contributed by atoms with Crippen molar-refractivity contribution in [2.24, 2.45) is 0 Å². The Hall–Kier alpha value is -2.11. The SMILES string of the molecule is COc1cc(CN2CC[C@H](O)C2)ccc1OCc1ccncc1. The Bertz CT molecular complexity index is 633. The first-order chi connectivity index (χ1) is 11.2. The highest BCUT2D eigenvalue weighted by Gasteiger charge is 2.20. The third-order valence-electron chi connectivity index (χ3n) is 4.03. The highest BCUT2D eigenvalue weighted by molar-refractivity contribution is 5.43. The first-order valence-electron chi connectivity index (χ1n) is 7.83. The average Bonchev–Trinajstić information content (AvgIpc) is 2.99. The lowest BCUT2D eigenvalue weighted by molar-refractivity contribution is 0.174. The maximum absolute atomic E-state index is 9.61. The third kappa shape index (κ3) is 4.21. The van der Waals surface area contributed by atoms with Gasteiger partial charge in [-0.3, -0.25) is 9.88 Å². The van der Waals surface area contributed by atoms with E-state index in [2.05, 4.69) is 16.0 Å². The van der Waals surface area contributed by atoms with Crippen molar-refractivity contribution >= 4 is 0 Å². The molecule has 1 saturated heterocycles. The number of hydrogen-bond acceptors (Lipinski definition) is 5. The number of methoxy groups -OCH3 is 1. The molecule has 0 amide bonds. The minimum atomic E-state index is -0.195.